The summed E-state index contributed by atoms with van der Waals surface area (Å²) in [4.78, 5) is 11.8. The number of carbonyl (C=O) groups is 1. The third kappa shape index (κ3) is 2.99. The summed E-state index contributed by atoms with van der Waals surface area (Å²) in [5, 5.41) is 9.68. The fourth-order valence-electron chi connectivity index (χ4n) is 2.02. The second-order valence-electron chi connectivity index (χ2n) is 4.84. The number of aromatic amines is 1. The molecular weight excluding hydrogens is 245 g/mol. The van der Waals surface area contributed by atoms with Gasteiger partial charge in [0.25, 0.3) is 0 Å². The Morgan fingerprint density at radius 3 is 3.00 bits per heavy atom. The maximum absolute atomic E-state index is 13.0. The first-order valence-electron chi connectivity index (χ1n) is 6.30. The molecule has 0 aliphatic heterocycles. The van der Waals surface area contributed by atoms with Crippen molar-refractivity contribution in [1.82, 2.24) is 10.2 Å². The van der Waals surface area contributed by atoms with Crippen LogP contribution in [0.25, 0.3) is 0 Å². The van der Waals surface area contributed by atoms with Gasteiger partial charge in [0.1, 0.15) is 5.82 Å². The summed E-state index contributed by atoms with van der Waals surface area (Å²) in [6.45, 7) is 0. The molecule has 0 bridgehead atoms. The van der Waals surface area contributed by atoms with Crippen molar-refractivity contribution in [2.45, 2.75) is 25.2 Å². The zero-order valence-electron chi connectivity index (χ0n) is 10.3. The molecule has 0 saturated heterocycles. The summed E-state index contributed by atoms with van der Waals surface area (Å²) in [6.07, 6.45) is 2.50. The largest absolute Gasteiger partial charge is 0.309 e. The molecule has 98 valence electrons. The Kier molecular flexibility index (Phi) is 3.03. The third-order valence-electron chi connectivity index (χ3n) is 3.14. The standard InChI is InChI=1S/C14H14FN3O/c15-11-3-1-2-9(6-11)7-14(19)16-13-8-12(17-18-13)10-4-5-10/h1-3,6,8,10H,4-5,7H2,(H2,16,17,18,19). The lowest BCUT2D eigenvalue weighted by Crippen LogP contribution is -2.14. The molecule has 1 aliphatic carbocycles. The zero-order valence-corrected chi connectivity index (χ0v) is 10.3. The van der Waals surface area contributed by atoms with Gasteiger partial charge in [-0.1, -0.05) is 12.1 Å². The van der Waals surface area contributed by atoms with Gasteiger partial charge in [0, 0.05) is 17.7 Å². The predicted molar refractivity (Wildman–Crippen MR) is 69.3 cm³/mol. The van der Waals surface area contributed by atoms with Crippen LogP contribution in [-0.2, 0) is 11.2 Å². The van der Waals surface area contributed by atoms with Gasteiger partial charge in [0.05, 0.1) is 6.42 Å². The number of amides is 1. The van der Waals surface area contributed by atoms with Crippen molar-refractivity contribution in [3.05, 3.63) is 47.4 Å². The minimum Gasteiger partial charge on any atom is -0.309 e. The van der Waals surface area contributed by atoms with Gasteiger partial charge in [0.15, 0.2) is 5.82 Å². The molecule has 1 aromatic heterocycles. The summed E-state index contributed by atoms with van der Waals surface area (Å²) in [5.41, 5.74) is 1.72. The number of hydrogen-bond acceptors (Lipinski definition) is 2. The molecule has 19 heavy (non-hydrogen) atoms. The van der Waals surface area contributed by atoms with E-state index in [0.29, 0.717) is 17.3 Å². The van der Waals surface area contributed by atoms with Crippen LogP contribution in [0.5, 0.6) is 0 Å². The van der Waals surface area contributed by atoms with E-state index in [9.17, 15) is 9.18 Å². The molecule has 0 unspecified atom stereocenters. The van der Waals surface area contributed by atoms with E-state index in [1.54, 1.807) is 12.1 Å². The number of anilines is 1. The van der Waals surface area contributed by atoms with Crippen LogP contribution in [0.3, 0.4) is 0 Å². The monoisotopic (exact) mass is 259 g/mol. The van der Waals surface area contributed by atoms with E-state index in [4.69, 9.17) is 0 Å². The minimum absolute atomic E-state index is 0.142. The fourth-order valence-corrected chi connectivity index (χ4v) is 2.02. The highest BCUT2D eigenvalue weighted by Gasteiger charge is 2.25. The summed E-state index contributed by atoms with van der Waals surface area (Å²) < 4.78 is 13.0. The van der Waals surface area contributed by atoms with E-state index in [1.165, 1.54) is 25.0 Å². The normalized spacial score (nSPS) is 14.4. The molecule has 1 amide bonds. The molecule has 2 aromatic rings. The lowest BCUT2D eigenvalue weighted by molar-refractivity contribution is -0.115. The maximum Gasteiger partial charge on any atom is 0.229 e. The van der Waals surface area contributed by atoms with E-state index in [2.05, 4.69) is 15.5 Å². The third-order valence-corrected chi connectivity index (χ3v) is 3.14. The summed E-state index contributed by atoms with van der Waals surface area (Å²) in [6, 6.07) is 7.90. The van der Waals surface area contributed by atoms with Crippen molar-refractivity contribution in [3.8, 4) is 0 Å². The molecule has 1 aromatic carbocycles. The molecule has 0 radical (unpaired) electrons. The number of aromatic nitrogens is 2. The van der Waals surface area contributed by atoms with Gasteiger partial charge in [-0.15, -0.1) is 0 Å². The number of nitrogens with one attached hydrogen (secondary N) is 2. The SMILES string of the molecule is O=C(Cc1cccc(F)c1)Nc1cc(C2CC2)[nH]n1. The zero-order chi connectivity index (χ0) is 13.2. The lowest BCUT2D eigenvalue weighted by atomic mass is 10.1. The van der Waals surface area contributed by atoms with Gasteiger partial charge in [0.2, 0.25) is 5.91 Å². The van der Waals surface area contributed by atoms with Crippen LogP contribution in [0.1, 0.15) is 30.0 Å². The van der Waals surface area contributed by atoms with Crippen LogP contribution in [0, 0.1) is 5.82 Å². The van der Waals surface area contributed by atoms with Gasteiger partial charge >= 0.3 is 0 Å². The van der Waals surface area contributed by atoms with Gasteiger partial charge in [-0.25, -0.2) is 4.39 Å². The molecule has 0 spiro atoms. The number of nitrogens with zero attached hydrogens (tertiary/aromatic N) is 1. The Hall–Kier alpha value is -2.17. The van der Waals surface area contributed by atoms with Gasteiger partial charge in [-0.2, -0.15) is 5.10 Å². The highest BCUT2D eigenvalue weighted by atomic mass is 19.1. The second-order valence-corrected chi connectivity index (χ2v) is 4.84. The molecule has 1 fully saturated rings. The van der Waals surface area contributed by atoms with Gasteiger partial charge in [-0.05, 0) is 30.5 Å². The molecule has 5 heteroatoms. The van der Waals surface area contributed by atoms with E-state index in [0.717, 1.165) is 5.69 Å². The molecule has 1 aliphatic rings. The fraction of sp³-hybridized carbons (Fsp3) is 0.286. The van der Waals surface area contributed by atoms with Crippen molar-refractivity contribution in [2.75, 3.05) is 5.32 Å². The van der Waals surface area contributed by atoms with Crippen LogP contribution < -0.4 is 5.32 Å². The number of H-pyrrole nitrogens is 1. The molecule has 2 N–H and O–H groups in total. The molecule has 4 nitrogen and oxygen atoms in total. The lowest BCUT2D eigenvalue weighted by Gasteiger charge is -2.02. The maximum atomic E-state index is 13.0. The van der Waals surface area contributed by atoms with Gasteiger partial charge < -0.3 is 5.32 Å². The summed E-state index contributed by atoms with van der Waals surface area (Å²) >= 11 is 0. The minimum atomic E-state index is -0.332. The van der Waals surface area contributed by atoms with Gasteiger partial charge in [-0.3, -0.25) is 9.89 Å². The molecule has 1 heterocycles. The van der Waals surface area contributed by atoms with Crippen molar-refractivity contribution < 1.29 is 9.18 Å². The number of carbonyl (C=O) groups excluding carboxylic acids is 1. The van der Waals surface area contributed by atoms with E-state index >= 15 is 0 Å². The van der Waals surface area contributed by atoms with Crippen molar-refractivity contribution >= 4 is 11.7 Å². The highest BCUT2D eigenvalue weighted by Crippen LogP contribution is 2.39. The average Bonchev–Trinajstić information content (AvgIpc) is 3.11. The van der Waals surface area contributed by atoms with Crippen LogP contribution >= 0.6 is 0 Å². The predicted octanol–water partition coefficient (Wildman–Crippen LogP) is 2.61. The number of hydrogen-bond donors (Lipinski definition) is 2. The topological polar surface area (TPSA) is 57.8 Å². The molecule has 3 rings (SSSR count). The van der Waals surface area contributed by atoms with Crippen molar-refractivity contribution in [3.63, 3.8) is 0 Å². The Balaban J connectivity index is 1.61. The molecule has 1 saturated carbocycles. The van der Waals surface area contributed by atoms with E-state index in [-0.39, 0.29) is 18.1 Å². The Bertz CT molecular complexity index is 604. The molecule has 0 atom stereocenters. The second kappa shape index (κ2) is 4.84. The van der Waals surface area contributed by atoms with Crippen LogP contribution in [0.15, 0.2) is 30.3 Å². The summed E-state index contributed by atoms with van der Waals surface area (Å²) in [5.74, 6) is 0.574. The number of rotatable bonds is 4. The van der Waals surface area contributed by atoms with E-state index < -0.39 is 0 Å². The average molecular weight is 259 g/mol. The molecular formula is C14H14FN3O. The van der Waals surface area contributed by atoms with Crippen LogP contribution in [-0.4, -0.2) is 16.1 Å². The Labute approximate surface area is 110 Å². The van der Waals surface area contributed by atoms with Crippen LogP contribution in [0.2, 0.25) is 0 Å². The van der Waals surface area contributed by atoms with Crippen LogP contribution in [0.4, 0.5) is 10.2 Å². The highest BCUT2D eigenvalue weighted by molar-refractivity contribution is 5.91. The first kappa shape index (κ1) is 11.9. The number of halogens is 1. The Morgan fingerprint density at radius 2 is 2.26 bits per heavy atom. The van der Waals surface area contributed by atoms with Crippen molar-refractivity contribution in [1.29, 1.82) is 0 Å². The Morgan fingerprint density at radius 1 is 1.42 bits per heavy atom. The quantitative estimate of drug-likeness (QED) is 0.886. The first-order valence-corrected chi connectivity index (χ1v) is 6.30. The summed E-state index contributed by atoms with van der Waals surface area (Å²) in [7, 11) is 0. The first-order chi connectivity index (χ1) is 9.20. The van der Waals surface area contributed by atoms with E-state index in [1.807, 2.05) is 6.07 Å². The number of benzene rings is 1. The van der Waals surface area contributed by atoms with Crippen molar-refractivity contribution in [2.24, 2.45) is 0 Å². The smallest absolute Gasteiger partial charge is 0.229 e.